The number of methoxy groups -OCH3 is 1. The Morgan fingerprint density at radius 3 is 2.46 bits per heavy atom. The van der Waals surface area contributed by atoms with Crippen molar-refractivity contribution < 1.29 is 14.3 Å². The minimum absolute atomic E-state index is 0.167. The van der Waals surface area contributed by atoms with Crippen molar-refractivity contribution in [3.63, 3.8) is 0 Å². The van der Waals surface area contributed by atoms with Crippen LogP contribution in [-0.2, 0) is 14.3 Å². The number of anilines is 1. The number of nitrogens with zero attached hydrogens (tertiary/aromatic N) is 1. The van der Waals surface area contributed by atoms with Crippen LogP contribution in [0.2, 0.25) is 5.02 Å². The Hall–Kier alpha value is -3.44. The molecule has 6 heteroatoms. The van der Waals surface area contributed by atoms with Crippen LogP contribution in [0.15, 0.2) is 94.8 Å². The second-order valence-corrected chi connectivity index (χ2v) is 9.31. The molecule has 0 aromatic heterocycles. The Morgan fingerprint density at radius 1 is 1.18 bits per heavy atom. The predicted octanol–water partition coefficient (Wildman–Crippen LogP) is 8.92. The molecule has 39 heavy (non-hydrogen) atoms. The highest BCUT2D eigenvalue weighted by Crippen LogP contribution is 2.25. The van der Waals surface area contributed by atoms with Gasteiger partial charge in [-0.15, -0.1) is 0 Å². The van der Waals surface area contributed by atoms with Gasteiger partial charge in [-0.1, -0.05) is 73.5 Å². The van der Waals surface area contributed by atoms with Gasteiger partial charge in [-0.3, -0.25) is 9.79 Å². The van der Waals surface area contributed by atoms with Gasteiger partial charge in [-0.05, 0) is 94.9 Å². The molecule has 2 rings (SSSR count). The van der Waals surface area contributed by atoms with Gasteiger partial charge in [0, 0.05) is 12.8 Å². The number of carbonyl (C=O) groups excluding carboxylic acids is 2. The smallest absolute Gasteiger partial charge is 0.248 e. The van der Waals surface area contributed by atoms with Crippen molar-refractivity contribution in [2.45, 2.75) is 67.2 Å². The highest BCUT2D eigenvalue weighted by Gasteiger charge is 2.06. The molecule has 0 bridgehead atoms. The van der Waals surface area contributed by atoms with Gasteiger partial charge < -0.3 is 14.8 Å². The number of benzene rings is 1. The molecule has 0 saturated heterocycles. The molecule has 1 aliphatic carbocycles. The number of hydrogen-bond acceptors (Lipinski definition) is 4. The first-order chi connectivity index (χ1) is 18.6. The quantitative estimate of drug-likeness (QED) is 0.179. The van der Waals surface area contributed by atoms with Crippen LogP contribution >= 0.6 is 11.6 Å². The summed E-state index contributed by atoms with van der Waals surface area (Å²) in [5, 5.41) is 3.38. The summed E-state index contributed by atoms with van der Waals surface area (Å²) in [4.78, 5) is 25.6. The lowest BCUT2D eigenvalue weighted by molar-refractivity contribution is -0.115. The van der Waals surface area contributed by atoms with E-state index >= 15 is 0 Å². The SMILES string of the molecule is C=C/C(=C\C=NCC)CCC.CC(C)=O.COC1=CC=C(C/C=C/C(=O)Nc2cccc(C)c2Cl)CC=C1C. The molecule has 0 unspecified atom stereocenters. The van der Waals surface area contributed by atoms with Crippen molar-refractivity contribution in [1.82, 2.24) is 0 Å². The summed E-state index contributed by atoms with van der Waals surface area (Å²) in [5.74, 6) is 0.859. The summed E-state index contributed by atoms with van der Waals surface area (Å²) in [6, 6.07) is 5.56. The summed E-state index contributed by atoms with van der Waals surface area (Å²) in [5.41, 5.74) is 5.18. The number of nitrogens with one attached hydrogen (secondary N) is 1. The fourth-order valence-electron chi connectivity index (χ4n) is 3.19. The maximum absolute atomic E-state index is 12.0. The van der Waals surface area contributed by atoms with E-state index in [0.717, 1.165) is 42.7 Å². The second-order valence-electron chi connectivity index (χ2n) is 8.94. The van der Waals surface area contributed by atoms with Gasteiger partial charge in [-0.2, -0.15) is 0 Å². The normalized spacial score (nSPS) is 13.1. The van der Waals surface area contributed by atoms with Crippen molar-refractivity contribution in [2.24, 2.45) is 4.99 Å². The Kier molecular flexibility index (Phi) is 19.6. The van der Waals surface area contributed by atoms with Crippen LogP contribution in [0.4, 0.5) is 5.69 Å². The van der Waals surface area contributed by atoms with Gasteiger partial charge in [0.1, 0.15) is 11.5 Å². The van der Waals surface area contributed by atoms with Crippen molar-refractivity contribution >= 4 is 35.2 Å². The molecule has 1 aromatic rings. The number of hydrogen-bond donors (Lipinski definition) is 1. The summed E-state index contributed by atoms with van der Waals surface area (Å²) in [6.45, 7) is 15.8. The molecule has 0 aliphatic heterocycles. The van der Waals surface area contributed by atoms with E-state index in [1.807, 2.05) is 69.5 Å². The van der Waals surface area contributed by atoms with Crippen molar-refractivity contribution in [3.05, 3.63) is 100 Å². The third kappa shape index (κ3) is 16.9. The molecule has 1 aromatic carbocycles. The summed E-state index contributed by atoms with van der Waals surface area (Å²) in [6.07, 6.45) is 19.2. The van der Waals surface area contributed by atoms with Gasteiger partial charge in [0.25, 0.3) is 0 Å². The minimum Gasteiger partial charge on any atom is -0.497 e. The zero-order valence-corrected chi connectivity index (χ0v) is 25.4. The standard InChI is InChI=1S/C20H22ClNO2.C10H17N.C3H6O/c1-14-10-11-16(12-13-18(14)24-3)7-5-9-19(23)22-17-8-4-6-15(2)20(17)21;1-4-7-10(5-2)8-9-11-6-3;1-3(2)4/h4-6,8-10,12-13H,7,11H2,1-3H3,(H,22,23);5,8-9H,2,4,6-7H2,1,3H3;1-2H3/b9-5+;10-8+,11-9?;. The molecular formula is C33H45ClN2O3. The Bertz CT molecular complexity index is 1120. The number of aryl methyl sites for hydroxylation is 1. The van der Waals surface area contributed by atoms with Crippen molar-refractivity contribution in [2.75, 3.05) is 19.0 Å². The number of Topliss-reactive ketones (excluding diaryl/α,β-unsaturated/α-hetero) is 1. The van der Waals surface area contributed by atoms with E-state index in [2.05, 4.69) is 29.9 Å². The fourth-order valence-corrected chi connectivity index (χ4v) is 3.36. The van der Waals surface area contributed by atoms with Crippen molar-refractivity contribution in [1.29, 1.82) is 0 Å². The van der Waals surface area contributed by atoms with Gasteiger partial charge in [0.15, 0.2) is 0 Å². The van der Waals surface area contributed by atoms with Crippen LogP contribution in [0.5, 0.6) is 0 Å². The molecule has 0 spiro atoms. The highest BCUT2D eigenvalue weighted by atomic mass is 35.5. The van der Waals surface area contributed by atoms with Crippen LogP contribution in [0.1, 0.15) is 65.9 Å². The lowest BCUT2D eigenvalue weighted by Crippen LogP contribution is -2.08. The number of halogens is 1. The zero-order valence-electron chi connectivity index (χ0n) is 24.6. The number of aliphatic imine (C=N–C) groups is 1. The molecule has 0 heterocycles. The van der Waals surface area contributed by atoms with Crippen LogP contribution in [0.25, 0.3) is 0 Å². The number of ketones is 1. The average Bonchev–Trinajstić information content (AvgIpc) is 3.07. The number of amides is 1. The van der Waals surface area contributed by atoms with Crippen LogP contribution in [0.3, 0.4) is 0 Å². The van der Waals surface area contributed by atoms with E-state index in [-0.39, 0.29) is 11.7 Å². The first-order valence-electron chi connectivity index (χ1n) is 13.2. The van der Waals surface area contributed by atoms with Crippen LogP contribution in [0, 0.1) is 6.92 Å². The second kappa shape index (κ2) is 21.5. The third-order valence-electron chi connectivity index (χ3n) is 5.23. The van der Waals surface area contributed by atoms with E-state index in [0.29, 0.717) is 17.1 Å². The Morgan fingerprint density at radius 2 is 1.87 bits per heavy atom. The summed E-state index contributed by atoms with van der Waals surface area (Å²) < 4.78 is 5.32. The molecule has 1 aliphatic rings. The zero-order chi connectivity index (χ0) is 29.6. The predicted molar refractivity (Wildman–Crippen MR) is 169 cm³/mol. The van der Waals surface area contributed by atoms with Crippen LogP contribution in [-0.4, -0.2) is 31.6 Å². The molecule has 1 N–H and O–H groups in total. The van der Waals surface area contributed by atoms with E-state index < -0.39 is 0 Å². The molecular weight excluding hydrogens is 508 g/mol. The Balaban J connectivity index is 0.000000802. The molecule has 0 saturated carbocycles. The number of ether oxygens (including phenoxy) is 1. The minimum atomic E-state index is -0.184. The maximum atomic E-state index is 12.0. The lowest BCUT2D eigenvalue weighted by Gasteiger charge is -2.06. The molecule has 5 nitrogen and oxygen atoms in total. The first-order valence-corrected chi connectivity index (χ1v) is 13.6. The fraction of sp³-hybridized carbons (Fsp3) is 0.364. The topological polar surface area (TPSA) is 67.8 Å². The lowest BCUT2D eigenvalue weighted by atomic mass is 10.1. The Labute approximate surface area is 240 Å². The van der Waals surface area contributed by atoms with E-state index in [4.69, 9.17) is 16.3 Å². The number of rotatable bonds is 10. The average molecular weight is 553 g/mol. The first kappa shape index (κ1) is 35.6. The molecule has 0 atom stereocenters. The largest absolute Gasteiger partial charge is 0.497 e. The summed E-state index contributed by atoms with van der Waals surface area (Å²) >= 11 is 6.18. The number of carbonyl (C=O) groups is 2. The summed E-state index contributed by atoms with van der Waals surface area (Å²) in [7, 11) is 1.67. The molecule has 0 fully saturated rings. The van der Waals surface area contributed by atoms with Gasteiger partial charge in [0.05, 0.1) is 17.8 Å². The monoisotopic (exact) mass is 552 g/mol. The van der Waals surface area contributed by atoms with E-state index in [9.17, 15) is 9.59 Å². The third-order valence-corrected chi connectivity index (χ3v) is 5.73. The van der Waals surface area contributed by atoms with Gasteiger partial charge >= 0.3 is 0 Å². The molecule has 1 amide bonds. The van der Waals surface area contributed by atoms with Crippen LogP contribution < -0.4 is 5.32 Å². The van der Waals surface area contributed by atoms with E-state index in [1.54, 1.807) is 19.3 Å². The highest BCUT2D eigenvalue weighted by molar-refractivity contribution is 6.34. The van der Waals surface area contributed by atoms with Crippen molar-refractivity contribution in [3.8, 4) is 0 Å². The molecule has 0 radical (unpaired) electrons. The maximum Gasteiger partial charge on any atom is 0.248 e. The van der Waals surface area contributed by atoms with Gasteiger partial charge in [0.2, 0.25) is 5.91 Å². The molecule has 212 valence electrons. The van der Waals surface area contributed by atoms with Gasteiger partial charge in [-0.25, -0.2) is 0 Å². The number of allylic oxidation sites excluding steroid dienone is 9. The van der Waals surface area contributed by atoms with E-state index in [1.165, 1.54) is 25.0 Å².